The van der Waals surface area contributed by atoms with Crippen LogP contribution in [0, 0.1) is 0 Å². The van der Waals surface area contributed by atoms with Crippen molar-refractivity contribution in [2.75, 3.05) is 13.7 Å². The minimum absolute atomic E-state index is 0.779. The van der Waals surface area contributed by atoms with Crippen molar-refractivity contribution in [1.82, 2.24) is 9.63 Å². The van der Waals surface area contributed by atoms with Crippen LogP contribution < -0.4 is 9.63 Å². The molecule has 0 heterocycles. The molecule has 0 rings (SSSR count). The zero-order valence-electron chi connectivity index (χ0n) is 9.12. The molecule has 0 aliphatic heterocycles. The Morgan fingerprint density at radius 1 is 1.17 bits per heavy atom. The lowest BCUT2D eigenvalue weighted by atomic mass is 10.9. The van der Waals surface area contributed by atoms with Gasteiger partial charge in [0.1, 0.15) is 8.24 Å². The van der Waals surface area contributed by atoms with Gasteiger partial charge in [-0.1, -0.05) is 19.6 Å². The second-order valence-corrected chi connectivity index (χ2v) is 12.4. The Balaban J connectivity index is 4.14. The highest BCUT2D eigenvalue weighted by atomic mass is 28.4. The van der Waals surface area contributed by atoms with Crippen LogP contribution in [0.5, 0.6) is 0 Å². The zero-order chi connectivity index (χ0) is 9.83. The van der Waals surface area contributed by atoms with Gasteiger partial charge in [0, 0.05) is 6.61 Å². The molecule has 0 saturated carbocycles. The Kier molecular flexibility index (Phi) is 4.64. The highest BCUT2D eigenvalue weighted by molar-refractivity contribution is 6.87. The minimum Gasteiger partial charge on any atom is -0.392 e. The van der Waals surface area contributed by atoms with Crippen LogP contribution in [0.3, 0.4) is 0 Å². The standard InChI is InChI=1S/C7H22N2OSi2/c1-7-10-12(6,8-2)9-11(3,4)5/h8-9H,7H2,1-6H3. The largest absolute Gasteiger partial charge is 0.392 e. The molecule has 0 spiro atoms. The molecule has 1 atom stereocenters. The van der Waals surface area contributed by atoms with Gasteiger partial charge in [0.2, 0.25) is 0 Å². The number of nitrogens with one attached hydrogen (secondary N) is 2. The first kappa shape index (κ1) is 12.3. The highest BCUT2D eigenvalue weighted by Crippen LogP contribution is 2.02. The average molecular weight is 206 g/mol. The van der Waals surface area contributed by atoms with Gasteiger partial charge in [0.25, 0.3) is 0 Å². The van der Waals surface area contributed by atoms with Crippen LogP contribution in [-0.4, -0.2) is 30.5 Å². The molecule has 74 valence electrons. The third kappa shape index (κ3) is 5.05. The van der Waals surface area contributed by atoms with Crippen LogP contribution in [0.4, 0.5) is 0 Å². The molecule has 0 aliphatic rings. The van der Waals surface area contributed by atoms with Crippen molar-refractivity contribution in [2.24, 2.45) is 0 Å². The van der Waals surface area contributed by atoms with E-state index >= 15 is 0 Å². The van der Waals surface area contributed by atoms with Crippen LogP contribution in [0.2, 0.25) is 26.2 Å². The summed E-state index contributed by atoms with van der Waals surface area (Å²) in [4.78, 5) is 3.28. The Morgan fingerprint density at radius 3 is 1.92 bits per heavy atom. The monoisotopic (exact) mass is 206 g/mol. The fourth-order valence-electron chi connectivity index (χ4n) is 1.18. The summed E-state index contributed by atoms with van der Waals surface area (Å²) in [7, 11) is -1.06. The fraction of sp³-hybridized carbons (Fsp3) is 1.00. The Labute approximate surface area is 78.3 Å². The third-order valence-corrected chi connectivity index (χ3v) is 8.25. The molecule has 0 fully saturated rings. The summed E-state index contributed by atoms with van der Waals surface area (Å²) in [5.41, 5.74) is 0. The van der Waals surface area contributed by atoms with Crippen molar-refractivity contribution >= 4 is 16.9 Å². The van der Waals surface area contributed by atoms with Gasteiger partial charge in [0.15, 0.2) is 0 Å². The van der Waals surface area contributed by atoms with Crippen LogP contribution in [0.1, 0.15) is 6.92 Å². The molecule has 0 aromatic rings. The predicted molar refractivity (Wildman–Crippen MR) is 58.8 cm³/mol. The Bertz CT molecular complexity index is 138. The van der Waals surface area contributed by atoms with E-state index in [1.165, 1.54) is 0 Å². The number of hydrogen-bond donors (Lipinski definition) is 2. The number of rotatable bonds is 5. The van der Waals surface area contributed by atoms with Gasteiger partial charge in [-0.2, -0.15) is 0 Å². The van der Waals surface area contributed by atoms with E-state index in [0.29, 0.717) is 0 Å². The predicted octanol–water partition coefficient (Wildman–Crippen LogP) is 1.24. The van der Waals surface area contributed by atoms with Crippen molar-refractivity contribution in [3.63, 3.8) is 0 Å². The van der Waals surface area contributed by atoms with E-state index in [-0.39, 0.29) is 0 Å². The maximum Gasteiger partial charge on any atom is 0.341 e. The van der Waals surface area contributed by atoms with Crippen LogP contribution in [0.25, 0.3) is 0 Å². The zero-order valence-corrected chi connectivity index (χ0v) is 11.1. The molecule has 12 heavy (non-hydrogen) atoms. The van der Waals surface area contributed by atoms with Crippen molar-refractivity contribution in [3.8, 4) is 0 Å². The van der Waals surface area contributed by atoms with Crippen molar-refractivity contribution in [2.45, 2.75) is 33.1 Å². The molecular weight excluding hydrogens is 184 g/mol. The van der Waals surface area contributed by atoms with E-state index in [1.807, 2.05) is 14.0 Å². The first-order chi connectivity index (χ1) is 5.33. The lowest BCUT2D eigenvalue weighted by Gasteiger charge is -2.33. The van der Waals surface area contributed by atoms with Gasteiger partial charge in [-0.25, -0.2) is 0 Å². The summed E-state index contributed by atoms with van der Waals surface area (Å²) >= 11 is 0. The molecule has 3 nitrogen and oxygen atoms in total. The van der Waals surface area contributed by atoms with Gasteiger partial charge in [-0.3, -0.25) is 0 Å². The van der Waals surface area contributed by atoms with E-state index < -0.39 is 16.9 Å². The van der Waals surface area contributed by atoms with Crippen molar-refractivity contribution in [1.29, 1.82) is 0 Å². The molecule has 0 aromatic heterocycles. The lowest BCUT2D eigenvalue weighted by Crippen LogP contribution is -2.68. The molecule has 0 aromatic carbocycles. The quantitative estimate of drug-likeness (QED) is 0.664. The maximum absolute atomic E-state index is 5.71. The van der Waals surface area contributed by atoms with Crippen LogP contribution >= 0.6 is 0 Å². The van der Waals surface area contributed by atoms with Gasteiger partial charge < -0.3 is 14.1 Å². The SMILES string of the molecule is CCO[Si](C)(NC)N[Si](C)(C)C. The summed E-state index contributed by atoms with van der Waals surface area (Å²) < 4.78 is 9.33. The van der Waals surface area contributed by atoms with Crippen molar-refractivity contribution < 1.29 is 4.43 Å². The van der Waals surface area contributed by atoms with Gasteiger partial charge in [0.05, 0.1) is 0 Å². The molecule has 0 bridgehead atoms. The van der Waals surface area contributed by atoms with Crippen LogP contribution in [-0.2, 0) is 4.43 Å². The minimum atomic E-state index is -1.80. The van der Waals surface area contributed by atoms with Crippen LogP contribution in [0.15, 0.2) is 0 Å². The van der Waals surface area contributed by atoms with E-state index in [1.54, 1.807) is 0 Å². The summed E-state index contributed by atoms with van der Waals surface area (Å²) in [6, 6.07) is 0. The topological polar surface area (TPSA) is 33.3 Å². The Morgan fingerprint density at radius 2 is 1.67 bits per heavy atom. The van der Waals surface area contributed by atoms with E-state index in [9.17, 15) is 0 Å². The van der Waals surface area contributed by atoms with E-state index in [4.69, 9.17) is 4.43 Å². The molecule has 5 heteroatoms. The fourth-order valence-corrected chi connectivity index (χ4v) is 8.41. The first-order valence-electron chi connectivity index (χ1n) is 4.45. The van der Waals surface area contributed by atoms with Crippen molar-refractivity contribution in [3.05, 3.63) is 0 Å². The molecule has 0 aliphatic carbocycles. The smallest absolute Gasteiger partial charge is 0.341 e. The molecule has 0 radical (unpaired) electrons. The molecular formula is C7H22N2OSi2. The average Bonchev–Trinajstić information content (AvgIpc) is 1.84. The van der Waals surface area contributed by atoms with E-state index in [0.717, 1.165) is 6.61 Å². The Hall–Kier alpha value is 0.314. The second kappa shape index (κ2) is 4.52. The first-order valence-corrected chi connectivity index (χ1v) is 10.4. The highest BCUT2D eigenvalue weighted by Gasteiger charge is 2.32. The molecule has 0 amide bonds. The molecule has 1 unspecified atom stereocenters. The van der Waals surface area contributed by atoms with Gasteiger partial charge in [-0.15, -0.1) is 0 Å². The van der Waals surface area contributed by atoms with Gasteiger partial charge >= 0.3 is 8.64 Å². The van der Waals surface area contributed by atoms with Gasteiger partial charge in [-0.05, 0) is 20.5 Å². The lowest BCUT2D eigenvalue weighted by molar-refractivity contribution is 0.313. The summed E-state index contributed by atoms with van der Waals surface area (Å²) in [5.74, 6) is 0. The summed E-state index contributed by atoms with van der Waals surface area (Å²) in [5, 5.41) is 0. The third-order valence-electron chi connectivity index (χ3n) is 1.52. The normalized spacial score (nSPS) is 17.5. The number of hydrogen-bond acceptors (Lipinski definition) is 3. The molecule has 2 N–H and O–H groups in total. The second-order valence-electron chi connectivity index (χ2n) is 4.09. The van der Waals surface area contributed by atoms with E-state index in [2.05, 4.69) is 35.8 Å². The molecule has 0 saturated heterocycles. The summed E-state index contributed by atoms with van der Waals surface area (Å²) in [6.07, 6.45) is 0. The summed E-state index contributed by atoms with van der Waals surface area (Å²) in [6.45, 7) is 11.8. The maximum atomic E-state index is 5.71.